The number of hydrogen-bond donors (Lipinski definition) is 3. The van der Waals surface area contributed by atoms with Gasteiger partial charge in [-0.2, -0.15) is 0 Å². The number of anilines is 1. The quantitative estimate of drug-likeness (QED) is 0.317. The lowest BCUT2D eigenvalue weighted by atomic mass is 9.83. The van der Waals surface area contributed by atoms with E-state index in [4.69, 9.17) is 14.2 Å². The minimum absolute atomic E-state index is 0.265. The zero-order valence-corrected chi connectivity index (χ0v) is 22.8. The van der Waals surface area contributed by atoms with Gasteiger partial charge in [-0.1, -0.05) is 29.2 Å². The first-order valence-corrected chi connectivity index (χ1v) is 13.6. The van der Waals surface area contributed by atoms with Crippen LogP contribution in [0.5, 0.6) is 17.2 Å². The van der Waals surface area contributed by atoms with Crippen molar-refractivity contribution < 1.29 is 38.5 Å². The summed E-state index contributed by atoms with van der Waals surface area (Å²) in [6.45, 7) is -1.05. The molecular formula is C26H23N3O9S2. The van der Waals surface area contributed by atoms with Crippen LogP contribution in [0.3, 0.4) is 0 Å². The number of benzene rings is 2. The third-order valence-corrected chi connectivity index (χ3v) is 8.89. The third kappa shape index (κ3) is 5.14. The Kier molecular flexibility index (Phi) is 7.54. The molecule has 2 unspecified atom stereocenters. The predicted molar refractivity (Wildman–Crippen MR) is 144 cm³/mol. The number of aromatic nitrogens is 1. The van der Waals surface area contributed by atoms with Crippen molar-refractivity contribution in [2.45, 2.75) is 16.2 Å². The smallest absolute Gasteiger partial charge is 0.323 e. The molecule has 3 heterocycles. The van der Waals surface area contributed by atoms with Crippen LogP contribution in [-0.4, -0.2) is 71.3 Å². The van der Waals surface area contributed by atoms with E-state index in [2.05, 4.69) is 10.3 Å². The monoisotopic (exact) mass is 585 g/mol. The van der Waals surface area contributed by atoms with Gasteiger partial charge >= 0.3 is 10.8 Å². The van der Waals surface area contributed by atoms with E-state index in [1.165, 1.54) is 7.11 Å². The van der Waals surface area contributed by atoms with Crippen molar-refractivity contribution in [3.05, 3.63) is 62.6 Å². The van der Waals surface area contributed by atoms with E-state index in [0.29, 0.717) is 26.9 Å². The van der Waals surface area contributed by atoms with Gasteiger partial charge in [0.15, 0.2) is 18.1 Å². The number of carboxylic acids is 1. The van der Waals surface area contributed by atoms with Crippen molar-refractivity contribution in [3.8, 4) is 17.2 Å². The molecule has 208 valence electrons. The lowest BCUT2D eigenvalue weighted by Gasteiger charge is -2.30. The molecule has 0 radical (unpaired) electrons. The third-order valence-electron chi connectivity index (χ3n) is 6.49. The Bertz CT molecular complexity index is 1550. The van der Waals surface area contributed by atoms with Gasteiger partial charge in [0.2, 0.25) is 11.8 Å². The van der Waals surface area contributed by atoms with Gasteiger partial charge in [0.1, 0.15) is 17.5 Å². The van der Waals surface area contributed by atoms with Gasteiger partial charge in [0.25, 0.3) is 5.91 Å². The highest BCUT2D eigenvalue weighted by Gasteiger charge is 2.56. The normalized spacial score (nSPS) is 19.6. The number of aromatic amines is 1. The number of aliphatic carboxylic acids is 1. The number of rotatable bonds is 9. The minimum atomic E-state index is -1.30. The number of nitrogens with one attached hydrogen (secondary N) is 2. The van der Waals surface area contributed by atoms with E-state index in [-0.39, 0.29) is 23.0 Å². The molecule has 14 heteroatoms. The number of fused-ring (bicyclic) bond motifs is 2. The molecule has 5 rings (SSSR count). The van der Waals surface area contributed by atoms with Crippen molar-refractivity contribution in [2.24, 2.45) is 5.92 Å². The van der Waals surface area contributed by atoms with Crippen LogP contribution in [0.15, 0.2) is 52.3 Å². The van der Waals surface area contributed by atoms with Gasteiger partial charge in [0.05, 0.1) is 25.2 Å². The van der Waals surface area contributed by atoms with Gasteiger partial charge in [-0.25, -0.2) is 0 Å². The molecule has 1 aromatic heterocycles. The van der Waals surface area contributed by atoms with Crippen LogP contribution in [0.4, 0.5) is 5.69 Å². The predicted octanol–water partition coefficient (Wildman–Crippen LogP) is 2.15. The van der Waals surface area contributed by atoms with Gasteiger partial charge in [-0.15, -0.1) is 0 Å². The van der Waals surface area contributed by atoms with Crippen LogP contribution in [-0.2, 0) is 19.2 Å². The molecule has 0 aliphatic carbocycles. The van der Waals surface area contributed by atoms with E-state index in [0.717, 1.165) is 28.0 Å². The first kappa shape index (κ1) is 27.3. The lowest BCUT2D eigenvalue weighted by Crippen LogP contribution is -2.36. The minimum Gasteiger partial charge on any atom is -0.497 e. The van der Waals surface area contributed by atoms with E-state index in [9.17, 15) is 29.1 Å². The van der Waals surface area contributed by atoms with Crippen molar-refractivity contribution in [1.82, 2.24) is 9.88 Å². The molecule has 3 aromatic rings. The average molecular weight is 586 g/mol. The van der Waals surface area contributed by atoms with Gasteiger partial charge in [-0.05, 0) is 42.0 Å². The van der Waals surface area contributed by atoms with Crippen molar-refractivity contribution in [2.75, 3.05) is 32.7 Å². The van der Waals surface area contributed by atoms with Gasteiger partial charge < -0.3 is 29.6 Å². The molecule has 0 saturated carbocycles. The molecule has 40 heavy (non-hydrogen) atoms. The molecule has 0 bridgehead atoms. The number of thiazole rings is 1. The average Bonchev–Trinajstić information content (AvgIpc) is 3.42. The topological polar surface area (TPSA) is 164 Å². The second kappa shape index (κ2) is 11.1. The molecule has 1 saturated heterocycles. The highest BCUT2D eigenvalue weighted by atomic mass is 32.2. The summed E-state index contributed by atoms with van der Waals surface area (Å²) in [6.07, 6.45) is 0. The molecule has 0 spiro atoms. The fraction of sp³-hybridized carbons (Fsp3) is 0.269. The number of thioether (sulfide) groups is 1. The maximum atomic E-state index is 13.3. The SMILES string of the molecule is COc1ccc(NC(=O)COc2ccc([C@H]3c4sc(=O)[nH]c4SC4C(=O)N(CC(=O)O)C(=O)C43)cc2OC)cc1. The standard InChI is InChI=1S/C26H23N3O9S2/c1-36-14-6-4-13(5-7-14)27-17(30)11-38-15-8-3-12(9-16(15)37-2)19-20-22(39-23-21(19)40-26(35)28-23)25(34)29(24(20)33)10-18(31)32/h3-9,19-20,22H,10-11H2,1-2H3,(H,27,30)(H,28,35)(H,31,32)/t19-,20?,22?/m1/s1. The number of imide groups is 1. The van der Waals surface area contributed by atoms with Crippen LogP contribution in [0.25, 0.3) is 0 Å². The Labute approximate surface area is 235 Å². The molecule has 2 aliphatic heterocycles. The van der Waals surface area contributed by atoms with Gasteiger partial charge in [-0.3, -0.25) is 28.9 Å². The van der Waals surface area contributed by atoms with E-state index in [1.54, 1.807) is 49.6 Å². The lowest BCUT2D eigenvalue weighted by molar-refractivity contribution is -0.149. The zero-order chi connectivity index (χ0) is 28.6. The number of carbonyl (C=O) groups excluding carboxylic acids is 3. The molecular weight excluding hydrogens is 562 g/mol. The van der Waals surface area contributed by atoms with Crippen LogP contribution in [0, 0.1) is 5.92 Å². The van der Waals surface area contributed by atoms with Gasteiger partial charge in [0, 0.05) is 16.5 Å². The summed E-state index contributed by atoms with van der Waals surface area (Å²) >= 11 is 1.99. The second-order valence-electron chi connectivity index (χ2n) is 8.88. The Morgan fingerprint density at radius 1 is 1.02 bits per heavy atom. The van der Waals surface area contributed by atoms with Crippen molar-refractivity contribution >= 4 is 52.5 Å². The fourth-order valence-electron chi connectivity index (χ4n) is 4.74. The zero-order valence-electron chi connectivity index (χ0n) is 21.2. The Balaban J connectivity index is 1.39. The van der Waals surface area contributed by atoms with Crippen LogP contribution >= 0.6 is 23.1 Å². The fourth-order valence-corrected chi connectivity index (χ4v) is 7.27. The number of H-pyrrole nitrogens is 1. The summed E-state index contributed by atoms with van der Waals surface area (Å²) in [5, 5.41) is 11.5. The summed E-state index contributed by atoms with van der Waals surface area (Å²) in [5.41, 5.74) is 1.13. The summed E-state index contributed by atoms with van der Waals surface area (Å²) in [5.74, 6) is -3.36. The Hall–Kier alpha value is -4.30. The van der Waals surface area contributed by atoms with E-state index >= 15 is 0 Å². The highest BCUT2D eigenvalue weighted by Crippen LogP contribution is 2.53. The summed E-state index contributed by atoms with van der Waals surface area (Å²) in [4.78, 5) is 66.0. The number of ether oxygens (including phenoxy) is 3. The molecule has 3 atom stereocenters. The molecule has 3 amide bonds. The van der Waals surface area contributed by atoms with Crippen LogP contribution < -0.4 is 24.4 Å². The largest absolute Gasteiger partial charge is 0.497 e. The van der Waals surface area contributed by atoms with Crippen molar-refractivity contribution in [3.63, 3.8) is 0 Å². The van der Waals surface area contributed by atoms with E-state index in [1.807, 2.05) is 0 Å². The molecule has 1 fully saturated rings. The second-order valence-corrected chi connectivity index (χ2v) is 11.0. The molecule has 2 aliphatic rings. The molecule has 3 N–H and O–H groups in total. The highest BCUT2D eigenvalue weighted by molar-refractivity contribution is 8.00. The number of likely N-dealkylation sites (tertiary alicyclic amines) is 1. The Morgan fingerprint density at radius 3 is 2.45 bits per heavy atom. The summed E-state index contributed by atoms with van der Waals surface area (Å²) in [7, 11) is 2.96. The van der Waals surface area contributed by atoms with E-state index < -0.39 is 47.3 Å². The Morgan fingerprint density at radius 2 is 1.77 bits per heavy atom. The number of carbonyl (C=O) groups is 4. The number of nitrogens with zero attached hydrogens (tertiary/aromatic N) is 1. The van der Waals surface area contributed by atoms with Crippen LogP contribution in [0.1, 0.15) is 16.4 Å². The number of amides is 3. The first-order valence-electron chi connectivity index (χ1n) is 11.9. The summed E-state index contributed by atoms with van der Waals surface area (Å²) < 4.78 is 16.3. The number of methoxy groups -OCH3 is 2. The molecule has 2 aromatic carbocycles. The van der Waals surface area contributed by atoms with Crippen molar-refractivity contribution in [1.29, 1.82) is 0 Å². The van der Waals surface area contributed by atoms with Crippen LogP contribution in [0.2, 0.25) is 0 Å². The maximum Gasteiger partial charge on any atom is 0.323 e. The molecule has 12 nitrogen and oxygen atoms in total. The number of carboxylic acid groups (broad SMARTS) is 1. The summed E-state index contributed by atoms with van der Waals surface area (Å²) in [6, 6.07) is 11.7. The maximum absolute atomic E-state index is 13.3. The first-order chi connectivity index (χ1) is 19.2. The number of hydrogen-bond acceptors (Lipinski definition) is 10.